The number of benzene rings is 1. The van der Waals surface area contributed by atoms with Crippen molar-refractivity contribution in [2.45, 2.75) is 19.1 Å². The molecule has 0 aliphatic heterocycles. The van der Waals surface area contributed by atoms with E-state index in [1.54, 1.807) is 6.92 Å². The van der Waals surface area contributed by atoms with E-state index >= 15 is 0 Å². The largest absolute Gasteiger partial charge is 0.435 e. The van der Waals surface area contributed by atoms with Crippen LogP contribution in [-0.4, -0.2) is 29.8 Å². The van der Waals surface area contributed by atoms with Crippen LogP contribution in [0.1, 0.15) is 17.3 Å². The summed E-state index contributed by atoms with van der Waals surface area (Å²) >= 11 is 11.4. The molecule has 0 spiro atoms. The van der Waals surface area contributed by atoms with Crippen LogP contribution in [-0.2, 0) is 0 Å². The minimum atomic E-state index is -2.89. The third-order valence-corrected chi connectivity index (χ3v) is 3.53. The number of hydrogen-bond acceptors (Lipinski definition) is 2. The summed E-state index contributed by atoms with van der Waals surface area (Å²) in [6, 6.07) is 5.35. The molecule has 3 nitrogen and oxygen atoms in total. The van der Waals surface area contributed by atoms with Gasteiger partial charge in [0.25, 0.3) is 5.91 Å². The molecule has 0 radical (unpaired) electrons. The molecule has 0 unspecified atom stereocenters. The van der Waals surface area contributed by atoms with E-state index in [4.69, 9.17) is 23.2 Å². The highest BCUT2D eigenvalue weighted by Crippen LogP contribution is 2.16. The number of nitrogens with one attached hydrogen (secondary N) is 1. The summed E-state index contributed by atoms with van der Waals surface area (Å²) < 4.78 is 28.1. The standard InChI is InChI=1S/C12H13Cl2F2NO2/c1-12(6-13,7-14)17-10(18)8-2-4-9(5-3-8)19-11(15)16/h2-5,11H,6-7H2,1H3,(H,17,18). The topological polar surface area (TPSA) is 38.3 Å². The van der Waals surface area contributed by atoms with Crippen LogP contribution < -0.4 is 10.1 Å². The number of halogens is 4. The highest BCUT2D eigenvalue weighted by Gasteiger charge is 2.24. The van der Waals surface area contributed by atoms with Crippen molar-refractivity contribution in [1.29, 1.82) is 0 Å². The fraction of sp³-hybridized carbons (Fsp3) is 0.417. The number of amides is 1. The summed E-state index contributed by atoms with van der Waals surface area (Å²) in [7, 11) is 0. The van der Waals surface area contributed by atoms with Gasteiger partial charge in [-0.25, -0.2) is 0 Å². The molecule has 0 aliphatic carbocycles. The first-order chi connectivity index (χ1) is 8.90. The lowest BCUT2D eigenvalue weighted by Crippen LogP contribution is -2.49. The average molecular weight is 312 g/mol. The number of alkyl halides is 4. The van der Waals surface area contributed by atoms with Crippen LogP contribution in [0.5, 0.6) is 5.75 Å². The number of ether oxygens (including phenoxy) is 1. The Morgan fingerprint density at radius 2 is 1.84 bits per heavy atom. The Hall–Kier alpha value is -1.07. The van der Waals surface area contributed by atoms with E-state index in [9.17, 15) is 13.6 Å². The van der Waals surface area contributed by atoms with Gasteiger partial charge in [-0.2, -0.15) is 8.78 Å². The lowest BCUT2D eigenvalue weighted by molar-refractivity contribution is -0.0498. The molecule has 0 saturated heterocycles. The molecule has 1 N–H and O–H groups in total. The fourth-order valence-corrected chi connectivity index (χ4v) is 1.66. The number of carbonyl (C=O) groups excluding carboxylic acids is 1. The molecule has 1 rings (SSSR count). The minimum Gasteiger partial charge on any atom is -0.435 e. The van der Waals surface area contributed by atoms with Gasteiger partial charge in [-0.05, 0) is 31.2 Å². The van der Waals surface area contributed by atoms with Crippen molar-refractivity contribution in [2.75, 3.05) is 11.8 Å². The Labute approximate surface area is 119 Å². The first-order valence-corrected chi connectivity index (χ1v) is 6.46. The van der Waals surface area contributed by atoms with Crippen molar-refractivity contribution >= 4 is 29.1 Å². The molecule has 7 heteroatoms. The Bertz CT molecular complexity index is 422. The molecular weight excluding hydrogens is 299 g/mol. The second-order valence-electron chi connectivity index (χ2n) is 4.18. The molecular formula is C12H13Cl2F2NO2. The maximum atomic E-state index is 12.0. The van der Waals surface area contributed by atoms with E-state index in [1.807, 2.05) is 0 Å². The van der Waals surface area contributed by atoms with Crippen molar-refractivity contribution in [3.63, 3.8) is 0 Å². The SMILES string of the molecule is CC(CCl)(CCl)NC(=O)c1ccc(OC(F)F)cc1. The number of hydrogen-bond donors (Lipinski definition) is 1. The zero-order chi connectivity index (χ0) is 14.5. The molecule has 0 bridgehead atoms. The third-order valence-electron chi connectivity index (χ3n) is 2.35. The van der Waals surface area contributed by atoms with Crippen LogP contribution in [0.2, 0.25) is 0 Å². The predicted octanol–water partition coefficient (Wildman–Crippen LogP) is 3.25. The Morgan fingerprint density at radius 3 is 2.26 bits per heavy atom. The molecule has 1 amide bonds. The first kappa shape index (κ1) is 16.0. The lowest BCUT2D eigenvalue weighted by Gasteiger charge is -2.25. The maximum absolute atomic E-state index is 12.0. The highest BCUT2D eigenvalue weighted by molar-refractivity contribution is 6.22. The Morgan fingerprint density at radius 1 is 1.32 bits per heavy atom. The van der Waals surface area contributed by atoms with Gasteiger partial charge < -0.3 is 10.1 Å². The van der Waals surface area contributed by atoms with Gasteiger partial charge in [0.2, 0.25) is 0 Å². The average Bonchev–Trinajstić information content (AvgIpc) is 2.38. The molecule has 0 saturated carbocycles. The second kappa shape index (κ2) is 6.91. The van der Waals surface area contributed by atoms with Gasteiger partial charge in [0.1, 0.15) is 5.75 Å². The smallest absolute Gasteiger partial charge is 0.387 e. The van der Waals surface area contributed by atoms with Crippen LogP contribution >= 0.6 is 23.2 Å². The van der Waals surface area contributed by atoms with Crippen molar-refractivity contribution < 1.29 is 18.3 Å². The van der Waals surface area contributed by atoms with Crippen LogP contribution in [0.25, 0.3) is 0 Å². The monoisotopic (exact) mass is 311 g/mol. The van der Waals surface area contributed by atoms with Crippen LogP contribution in [0, 0.1) is 0 Å². The van der Waals surface area contributed by atoms with Crippen molar-refractivity contribution in [3.05, 3.63) is 29.8 Å². The van der Waals surface area contributed by atoms with Gasteiger partial charge in [0.05, 0.1) is 5.54 Å². The van der Waals surface area contributed by atoms with Gasteiger partial charge in [-0.15, -0.1) is 23.2 Å². The van der Waals surface area contributed by atoms with Crippen LogP contribution in [0.15, 0.2) is 24.3 Å². The van der Waals surface area contributed by atoms with E-state index in [-0.39, 0.29) is 23.4 Å². The third kappa shape index (κ3) is 4.84. The van der Waals surface area contributed by atoms with Gasteiger partial charge in [-0.3, -0.25) is 4.79 Å². The van der Waals surface area contributed by atoms with E-state index in [0.29, 0.717) is 5.56 Å². The lowest BCUT2D eigenvalue weighted by atomic mass is 10.1. The quantitative estimate of drug-likeness (QED) is 0.819. The van der Waals surface area contributed by atoms with E-state index < -0.39 is 12.2 Å². The molecule has 106 valence electrons. The molecule has 0 heterocycles. The zero-order valence-electron chi connectivity index (χ0n) is 10.1. The first-order valence-electron chi connectivity index (χ1n) is 5.39. The van der Waals surface area contributed by atoms with Gasteiger partial charge in [0.15, 0.2) is 0 Å². The molecule has 0 aliphatic rings. The van der Waals surface area contributed by atoms with Crippen LogP contribution in [0.4, 0.5) is 8.78 Å². The summed E-state index contributed by atoms with van der Waals surface area (Å²) in [6.07, 6.45) is 0. The highest BCUT2D eigenvalue weighted by atomic mass is 35.5. The summed E-state index contributed by atoms with van der Waals surface area (Å²) in [5, 5.41) is 2.68. The van der Waals surface area contributed by atoms with Crippen molar-refractivity contribution in [2.24, 2.45) is 0 Å². The maximum Gasteiger partial charge on any atom is 0.387 e. The molecule has 0 fully saturated rings. The normalized spacial score (nSPS) is 11.5. The van der Waals surface area contributed by atoms with E-state index in [1.165, 1.54) is 24.3 Å². The summed E-state index contributed by atoms with van der Waals surface area (Å²) in [6.45, 7) is -1.19. The van der Waals surface area contributed by atoms with E-state index in [0.717, 1.165) is 0 Å². The van der Waals surface area contributed by atoms with Gasteiger partial charge in [0, 0.05) is 17.3 Å². The zero-order valence-corrected chi connectivity index (χ0v) is 11.6. The molecule has 19 heavy (non-hydrogen) atoms. The molecule has 1 aromatic carbocycles. The Balaban J connectivity index is 2.73. The molecule has 0 atom stereocenters. The minimum absolute atomic E-state index is 0.0102. The number of rotatable bonds is 6. The van der Waals surface area contributed by atoms with Crippen molar-refractivity contribution in [1.82, 2.24) is 5.32 Å². The van der Waals surface area contributed by atoms with Gasteiger partial charge >= 0.3 is 6.61 Å². The molecule has 0 aromatic heterocycles. The fourth-order valence-electron chi connectivity index (χ4n) is 1.24. The van der Waals surface area contributed by atoms with Crippen molar-refractivity contribution in [3.8, 4) is 5.75 Å². The predicted molar refractivity (Wildman–Crippen MR) is 70.4 cm³/mol. The van der Waals surface area contributed by atoms with E-state index in [2.05, 4.69) is 10.1 Å². The Kier molecular flexibility index (Phi) is 5.82. The summed E-state index contributed by atoms with van der Waals surface area (Å²) in [5.74, 6) is -0.0692. The van der Waals surface area contributed by atoms with Crippen LogP contribution in [0.3, 0.4) is 0 Å². The second-order valence-corrected chi connectivity index (χ2v) is 4.72. The van der Waals surface area contributed by atoms with Gasteiger partial charge in [-0.1, -0.05) is 0 Å². The number of carbonyl (C=O) groups is 1. The summed E-state index contributed by atoms with van der Waals surface area (Å²) in [5.41, 5.74) is -0.415. The molecule has 1 aromatic rings. The summed E-state index contributed by atoms with van der Waals surface area (Å²) in [4.78, 5) is 11.9.